The Hall–Kier alpha value is -1.34. The number of aliphatic carboxylic acids is 1. The summed E-state index contributed by atoms with van der Waals surface area (Å²) in [6.07, 6.45) is 0.271. The van der Waals surface area contributed by atoms with Gasteiger partial charge in [-0.3, -0.25) is 0 Å². The summed E-state index contributed by atoms with van der Waals surface area (Å²) < 4.78 is 0. The zero-order valence-electron chi connectivity index (χ0n) is 9.22. The van der Waals surface area contributed by atoms with E-state index in [1.165, 1.54) is 0 Å². The Morgan fingerprint density at radius 3 is 2.06 bits per heavy atom. The van der Waals surface area contributed by atoms with Crippen LogP contribution in [0.15, 0.2) is 0 Å². The Morgan fingerprint density at radius 2 is 1.75 bits per heavy atom. The Kier molecular flexibility index (Phi) is 7.23. The van der Waals surface area contributed by atoms with Gasteiger partial charge in [-0.1, -0.05) is 6.92 Å². The van der Waals surface area contributed by atoms with Crippen LogP contribution in [0.3, 0.4) is 0 Å². The van der Waals surface area contributed by atoms with E-state index >= 15 is 0 Å². The third-order valence-electron chi connectivity index (χ3n) is 2.03. The van der Waals surface area contributed by atoms with E-state index in [4.69, 9.17) is 15.3 Å². The van der Waals surface area contributed by atoms with Gasteiger partial charge in [0.2, 0.25) is 0 Å². The van der Waals surface area contributed by atoms with Crippen molar-refractivity contribution in [3.63, 3.8) is 0 Å². The maximum Gasteiger partial charge on any atom is 0.326 e. The number of carbonyl (C=O) groups is 2. The molecular formula is C9H18N2O5. The Morgan fingerprint density at radius 1 is 1.25 bits per heavy atom. The number of aliphatic hydroxyl groups is 2. The van der Waals surface area contributed by atoms with E-state index in [2.05, 4.69) is 5.32 Å². The molecule has 94 valence electrons. The summed E-state index contributed by atoms with van der Waals surface area (Å²) in [5.41, 5.74) is 0. The molecule has 16 heavy (non-hydrogen) atoms. The second-order valence-corrected chi connectivity index (χ2v) is 3.18. The van der Waals surface area contributed by atoms with E-state index in [0.717, 1.165) is 4.90 Å². The van der Waals surface area contributed by atoms with Gasteiger partial charge in [0.1, 0.15) is 6.04 Å². The summed E-state index contributed by atoms with van der Waals surface area (Å²) in [5.74, 6) is -1.11. The van der Waals surface area contributed by atoms with Gasteiger partial charge in [-0.05, 0) is 6.42 Å². The molecule has 0 aliphatic rings. The predicted molar refractivity (Wildman–Crippen MR) is 56.0 cm³/mol. The molecule has 0 heterocycles. The number of urea groups is 1. The number of hydrogen-bond acceptors (Lipinski definition) is 4. The summed E-state index contributed by atoms with van der Waals surface area (Å²) >= 11 is 0. The molecule has 0 saturated carbocycles. The van der Waals surface area contributed by atoms with Crippen LogP contribution in [0.2, 0.25) is 0 Å². The number of rotatable bonds is 7. The second kappa shape index (κ2) is 7.89. The number of nitrogens with one attached hydrogen (secondary N) is 1. The van der Waals surface area contributed by atoms with Crippen LogP contribution < -0.4 is 5.32 Å². The highest BCUT2D eigenvalue weighted by molar-refractivity contribution is 5.82. The molecule has 0 bridgehead atoms. The Bertz CT molecular complexity index is 228. The average Bonchev–Trinajstić information content (AvgIpc) is 2.24. The van der Waals surface area contributed by atoms with Crippen molar-refractivity contribution in [3.8, 4) is 0 Å². The smallest absolute Gasteiger partial charge is 0.326 e. The van der Waals surface area contributed by atoms with Crippen molar-refractivity contribution in [1.82, 2.24) is 10.2 Å². The molecule has 4 N–H and O–H groups in total. The number of amides is 2. The molecule has 1 atom stereocenters. The monoisotopic (exact) mass is 234 g/mol. The topological polar surface area (TPSA) is 110 Å². The fourth-order valence-corrected chi connectivity index (χ4v) is 1.14. The highest BCUT2D eigenvalue weighted by Crippen LogP contribution is 1.95. The molecule has 2 amide bonds. The van der Waals surface area contributed by atoms with Gasteiger partial charge in [-0.2, -0.15) is 0 Å². The first-order valence-electron chi connectivity index (χ1n) is 5.06. The highest BCUT2D eigenvalue weighted by atomic mass is 16.4. The van der Waals surface area contributed by atoms with E-state index in [1.807, 2.05) is 0 Å². The van der Waals surface area contributed by atoms with Crippen LogP contribution in [-0.2, 0) is 4.79 Å². The van der Waals surface area contributed by atoms with E-state index in [1.54, 1.807) is 6.92 Å². The van der Waals surface area contributed by atoms with Crippen LogP contribution in [0, 0.1) is 0 Å². The lowest BCUT2D eigenvalue weighted by Crippen LogP contribution is -2.49. The van der Waals surface area contributed by atoms with Crippen molar-refractivity contribution < 1.29 is 24.9 Å². The summed E-state index contributed by atoms with van der Waals surface area (Å²) in [4.78, 5) is 23.4. The zero-order chi connectivity index (χ0) is 12.6. The minimum absolute atomic E-state index is 0.0580. The lowest BCUT2D eigenvalue weighted by atomic mass is 10.2. The molecule has 0 aromatic heterocycles. The summed E-state index contributed by atoms with van der Waals surface area (Å²) in [6.45, 7) is 1.28. The van der Waals surface area contributed by atoms with Crippen LogP contribution >= 0.6 is 0 Å². The number of carboxylic acids is 1. The lowest BCUT2D eigenvalue weighted by Gasteiger charge is -2.23. The van der Waals surface area contributed by atoms with Gasteiger partial charge in [0.25, 0.3) is 0 Å². The third kappa shape index (κ3) is 4.94. The van der Waals surface area contributed by atoms with Crippen molar-refractivity contribution >= 4 is 12.0 Å². The average molecular weight is 234 g/mol. The molecule has 7 nitrogen and oxygen atoms in total. The van der Waals surface area contributed by atoms with Gasteiger partial charge in [0, 0.05) is 13.1 Å². The van der Waals surface area contributed by atoms with Crippen molar-refractivity contribution in [1.29, 1.82) is 0 Å². The molecule has 0 rings (SSSR count). The van der Waals surface area contributed by atoms with Crippen LogP contribution in [0.1, 0.15) is 13.3 Å². The number of carboxylic acid groups (broad SMARTS) is 1. The molecule has 0 aliphatic carbocycles. The van der Waals surface area contributed by atoms with E-state index in [0.29, 0.717) is 0 Å². The normalized spacial score (nSPS) is 11.9. The van der Waals surface area contributed by atoms with Gasteiger partial charge in [-0.15, -0.1) is 0 Å². The fraction of sp³-hybridized carbons (Fsp3) is 0.778. The van der Waals surface area contributed by atoms with Crippen molar-refractivity contribution in [2.24, 2.45) is 0 Å². The Labute approximate surface area is 93.7 Å². The largest absolute Gasteiger partial charge is 0.480 e. The molecule has 0 aliphatic heterocycles. The molecule has 0 saturated heterocycles. The van der Waals surface area contributed by atoms with Gasteiger partial charge in [0.05, 0.1) is 13.2 Å². The molecular weight excluding hydrogens is 216 g/mol. The zero-order valence-corrected chi connectivity index (χ0v) is 9.22. The molecule has 7 heteroatoms. The number of nitrogens with zero attached hydrogens (tertiary/aromatic N) is 1. The van der Waals surface area contributed by atoms with E-state index in [9.17, 15) is 9.59 Å². The van der Waals surface area contributed by atoms with Gasteiger partial charge in [-0.25, -0.2) is 9.59 Å². The molecule has 0 fully saturated rings. The molecule has 0 spiro atoms. The fourth-order valence-electron chi connectivity index (χ4n) is 1.14. The van der Waals surface area contributed by atoms with Gasteiger partial charge < -0.3 is 25.5 Å². The van der Waals surface area contributed by atoms with E-state index < -0.39 is 18.0 Å². The maximum absolute atomic E-state index is 11.5. The first-order valence-corrected chi connectivity index (χ1v) is 5.06. The Balaban J connectivity index is 4.32. The van der Waals surface area contributed by atoms with Gasteiger partial charge >= 0.3 is 12.0 Å². The predicted octanol–water partition coefficient (Wildman–Crippen LogP) is -1.15. The molecule has 0 unspecified atom stereocenters. The quantitative estimate of drug-likeness (QED) is 0.444. The number of carbonyl (C=O) groups excluding carboxylic acids is 1. The van der Waals surface area contributed by atoms with Gasteiger partial charge in [0.15, 0.2) is 0 Å². The number of aliphatic hydroxyl groups excluding tert-OH is 2. The standard InChI is InChI=1S/C9H18N2O5/c1-2-7(8(14)15)10-9(16)11(3-5-12)4-6-13/h7,12-13H,2-6H2,1H3,(H,10,16)(H,14,15)/t7-/m0/s1. The third-order valence-corrected chi connectivity index (χ3v) is 2.03. The van der Waals surface area contributed by atoms with Crippen LogP contribution in [-0.4, -0.2) is 64.6 Å². The summed E-state index contributed by atoms with van der Waals surface area (Å²) in [5, 5.41) is 28.4. The summed E-state index contributed by atoms with van der Waals surface area (Å²) in [7, 11) is 0. The van der Waals surface area contributed by atoms with Crippen LogP contribution in [0.5, 0.6) is 0 Å². The summed E-state index contributed by atoms with van der Waals surface area (Å²) in [6, 6.07) is -1.55. The van der Waals surface area contributed by atoms with Crippen molar-refractivity contribution in [2.45, 2.75) is 19.4 Å². The van der Waals surface area contributed by atoms with Crippen LogP contribution in [0.25, 0.3) is 0 Å². The molecule has 0 aromatic carbocycles. The van der Waals surface area contributed by atoms with Crippen molar-refractivity contribution in [2.75, 3.05) is 26.3 Å². The second-order valence-electron chi connectivity index (χ2n) is 3.18. The SMILES string of the molecule is CC[C@H](NC(=O)N(CCO)CCO)C(=O)O. The lowest BCUT2D eigenvalue weighted by molar-refractivity contribution is -0.139. The first-order chi connectivity index (χ1) is 7.56. The minimum atomic E-state index is -1.11. The molecule has 0 radical (unpaired) electrons. The number of hydrogen-bond donors (Lipinski definition) is 4. The molecule has 0 aromatic rings. The van der Waals surface area contributed by atoms with E-state index in [-0.39, 0.29) is 32.7 Å². The highest BCUT2D eigenvalue weighted by Gasteiger charge is 2.20. The van der Waals surface area contributed by atoms with Crippen molar-refractivity contribution in [3.05, 3.63) is 0 Å². The minimum Gasteiger partial charge on any atom is -0.480 e. The maximum atomic E-state index is 11.5. The first kappa shape index (κ1) is 14.7. The van der Waals surface area contributed by atoms with Crippen LogP contribution in [0.4, 0.5) is 4.79 Å².